The Bertz CT molecular complexity index is 467. The Hall–Kier alpha value is -1.32. The molecule has 0 bridgehead atoms. The van der Waals surface area contributed by atoms with Crippen LogP contribution in [0.5, 0.6) is 0 Å². The molecule has 15 heavy (non-hydrogen) atoms. The van der Waals surface area contributed by atoms with Gasteiger partial charge < -0.3 is 9.52 Å². The van der Waals surface area contributed by atoms with Gasteiger partial charge in [0.1, 0.15) is 11.9 Å². The minimum absolute atomic E-state index is 0.0748. The summed E-state index contributed by atoms with van der Waals surface area (Å²) in [4.78, 5) is 0. The van der Waals surface area contributed by atoms with E-state index in [2.05, 4.69) is 0 Å². The Morgan fingerprint density at radius 1 is 1.20 bits per heavy atom. The van der Waals surface area contributed by atoms with Gasteiger partial charge in [-0.25, -0.2) is 4.39 Å². The summed E-state index contributed by atoms with van der Waals surface area (Å²) < 4.78 is 18.2. The molecule has 2 aromatic rings. The van der Waals surface area contributed by atoms with Crippen LogP contribution in [-0.2, 0) is 0 Å². The lowest BCUT2D eigenvalue weighted by Crippen LogP contribution is -2.01. The SMILES string of the molecule is OC(c1ccccc1F)c1ccoc1Cl. The van der Waals surface area contributed by atoms with E-state index < -0.39 is 11.9 Å². The van der Waals surface area contributed by atoms with Crippen molar-refractivity contribution in [3.63, 3.8) is 0 Å². The molecule has 0 aliphatic heterocycles. The number of halogens is 2. The summed E-state index contributed by atoms with van der Waals surface area (Å²) in [5, 5.41) is 9.93. The largest absolute Gasteiger partial charge is 0.453 e. The van der Waals surface area contributed by atoms with Crippen LogP contribution in [0, 0.1) is 5.82 Å². The fourth-order valence-corrected chi connectivity index (χ4v) is 1.58. The molecule has 4 heteroatoms. The van der Waals surface area contributed by atoms with Gasteiger partial charge in [0.15, 0.2) is 5.22 Å². The van der Waals surface area contributed by atoms with Gasteiger partial charge >= 0.3 is 0 Å². The first-order valence-corrected chi connectivity index (χ1v) is 4.73. The van der Waals surface area contributed by atoms with Crippen molar-refractivity contribution >= 4 is 11.6 Å². The van der Waals surface area contributed by atoms with Gasteiger partial charge in [-0.05, 0) is 23.7 Å². The van der Waals surface area contributed by atoms with E-state index in [9.17, 15) is 9.50 Å². The third kappa shape index (κ3) is 1.89. The topological polar surface area (TPSA) is 33.4 Å². The quantitative estimate of drug-likeness (QED) is 0.853. The van der Waals surface area contributed by atoms with E-state index in [-0.39, 0.29) is 10.8 Å². The predicted molar refractivity (Wildman–Crippen MR) is 54.2 cm³/mol. The summed E-state index contributed by atoms with van der Waals surface area (Å²) >= 11 is 5.69. The number of hydrogen-bond acceptors (Lipinski definition) is 2. The Labute approximate surface area is 90.9 Å². The second-order valence-electron chi connectivity index (χ2n) is 3.07. The third-order valence-electron chi connectivity index (χ3n) is 2.14. The second-order valence-corrected chi connectivity index (χ2v) is 3.42. The fourth-order valence-electron chi connectivity index (χ4n) is 1.36. The van der Waals surface area contributed by atoms with E-state index in [0.29, 0.717) is 5.56 Å². The van der Waals surface area contributed by atoms with Crippen LogP contribution in [0.3, 0.4) is 0 Å². The zero-order chi connectivity index (χ0) is 10.8. The number of hydrogen-bond donors (Lipinski definition) is 1. The van der Waals surface area contributed by atoms with Crippen LogP contribution < -0.4 is 0 Å². The Morgan fingerprint density at radius 2 is 1.93 bits per heavy atom. The van der Waals surface area contributed by atoms with Gasteiger partial charge in [0.05, 0.1) is 6.26 Å². The van der Waals surface area contributed by atoms with Gasteiger partial charge in [0.25, 0.3) is 0 Å². The molecule has 0 saturated carbocycles. The molecule has 0 radical (unpaired) electrons. The van der Waals surface area contributed by atoms with Crippen molar-refractivity contribution in [2.45, 2.75) is 6.10 Å². The molecule has 0 amide bonds. The van der Waals surface area contributed by atoms with Crippen LogP contribution in [0.2, 0.25) is 5.22 Å². The molecule has 1 heterocycles. The Kier molecular flexibility index (Phi) is 2.75. The summed E-state index contributed by atoms with van der Waals surface area (Å²) in [6.07, 6.45) is 0.249. The molecule has 0 fully saturated rings. The van der Waals surface area contributed by atoms with Crippen molar-refractivity contribution in [3.05, 3.63) is 58.8 Å². The molecular weight excluding hydrogens is 219 g/mol. The molecule has 1 unspecified atom stereocenters. The molecule has 0 spiro atoms. The van der Waals surface area contributed by atoms with Crippen LogP contribution in [-0.4, -0.2) is 5.11 Å². The van der Waals surface area contributed by atoms with Gasteiger partial charge in [0, 0.05) is 11.1 Å². The zero-order valence-corrected chi connectivity index (χ0v) is 8.41. The minimum Gasteiger partial charge on any atom is -0.453 e. The Morgan fingerprint density at radius 3 is 2.53 bits per heavy atom. The number of aliphatic hydroxyl groups excluding tert-OH is 1. The lowest BCUT2D eigenvalue weighted by atomic mass is 10.0. The third-order valence-corrected chi connectivity index (χ3v) is 2.45. The van der Waals surface area contributed by atoms with E-state index in [4.69, 9.17) is 16.0 Å². The summed E-state index contributed by atoms with van der Waals surface area (Å²) in [5.74, 6) is -0.470. The van der Waals surface area contributed by atoms with Crippen LogP contribution >= 0.6 is 11.6 Å². The zero-order valence-electron chi connectivity index (χ0n) is 7.65. The monoisotopic (exact) mass is 226 g/mol. The highest BCUT2D eigenvalue weighted by atomic mass is 35.5. The summed E-state index contributed by atoms with van der Waals surface area (Å²) in [6, 6.07) is 7.51. The van der Waals surface area contributed by atoms with E-state index in [1.807, 2.05) is 0 Å². The van der Waals surface area contributed by atoms with Crippen molar-refractivity contribution in [3.8, 4) is 0 Å². The average molecular weight is 227 g/mol. The summed E-state index contributed by atoms with van der Waals surface area (Å²) in [6.45, 7) is 0. The highest BCUT2D eigenvalue weighted by molar-refractivity contribution is 6.29. The molecule has 1 N–H and O–H groups in total. The molecule has 78 valence electrons. The van der Waals surface area contributed by atoms with Crippen LogP contribution in [0.4, 0.5) is 4.39 Å². The van der Waals surface area contributed by atoms with E-state index >= 15 is 0 Å². The van der Waals surface area contributed by atoms with Gasteiger partial charge in [-0.15, -0.1) is 0 Å². The molecule has 1 aromatic heterocycles. The summed E-state index contributed by atoms with van der Waals surface area (Å²) in [7, 11) is 0. The standard InChI is InChI=1S/C11H8ClFO2/c12-11-8(5-6-15-11)10(14)7-3-1-2-4-9(7)13/h1-6,10,14H. The molecular formula is C11H8ClFO2. The smallest absolute Gasteiger partial charge is 0.199 e. The lowest BCUT2D eigenvalue weighted by molar-refractivity contribution is 0.214. The van der Waals surface area contributed by atoms with Crippen LogP contribution in [0.1, 0.15) is 17.2 Å². The first-order valence-electron chi connectivity index (χ1n) is 4.35. The maximum absolute atomic E-state index is 13.3. The number of aliphatic hydroxyl groups is 1. The number of rotatable bonds is 2. The first kappa shape index (κ1) is 10.2. The van der Waals surface area contributed by atoms with Crippen LogP contribution in [0.15, 0.2) is 41.0 Å². The van der Waals surface area contributed by atoms with Crippen molar-refractivity contribution < 1.29 is 13.9 Å². The molecule has 0 aliphatic carbocycles. The van der Waals surface area contributed by atoms with E-state index in [1.165, 1.54) is 24.5 Å². The molecule has 2 nitrogen and oxygen atoms in total. The molecule has 1 atom stereocenters. The maximum Gasteiger partial charge on any atom is 0.199 e. The van der Waals surface area contributed by atoms with Gasteiger partial charge in [-0.3, -0.25) is 0 Å². The number of furan rings is 1. The predicted octanol–water partition coefficient (Wildman–Crippen LogP) is 3.15. The van der Waals surface area contributed by atoms with Gasteiger partial charge in [-0.1, -0.05) is 18.2 Å². The normalized spacial score (nSPS) is 12.7. The highest BCUT2D eigenvalue weighted by Gasteiger charge is 2.18. The van der Waals surface area contributed by atoms with Crippen molar-refractivity contribution in [2.75, 3.05) is 0 Å². The Balaban J connectivity index is 2.41. The second kappa shape index (κ2) is 4.04. The van der Waals surface area contributed by atoms with Crippen molar-refractivity contribution in [1.29, 1.82) is 0 Å². The van der Waals surface area contributed by atoms with Gasteiger partial charge in [0.2, 0.25) is 0 Å². The van der Waals surface area contributed by atoms with E-state index in [0.717, 1.165) is 0 Å². The molecule has 0 saturated heterocycles. The average Bonchev–Trinajstić information content (AvgIpc) is 2.64. The van der Waals surface area contributed by atoms with Crippen molar-refractivity contribution in [1.82, 2.24) is 0 Å². The summed E-state index contributed by atoms with van der Waals surface area (Å²) in [5.41, 5.74) is 0.544. The first-order chi connectivity index (χ1) is 7.20. The van der Waals surface area contributed by atoms with E-state index in [1.54, 1.807) is 12.1 Å². The van der Waals surface area contributed by atoms with Gasteiger partial charge in [-0.2, -0.15) is 0 Å². The maximum atomic E-state index is 13.3. The molecule has 0 aliphatic rings. The molecule has 1 aromatic carbocycles. The lowest BCUT2D eigenvalue weighted by Gasteiger charge is -2.09. The number of benzene rings is 1. The minimum atomic E-state index is -1.10. The highest BCUT2D eigenvalue weighted by Crippen LogP contribution is 2.30. The molecule has 2 rings (SSSR count). The van der Waals surface area contributed by atoms with Crippen LogP contribution in [0.25, 0.3) is 0 Å². The van der Waals surface area contributed by atoms with Crippen molar-refractivity contribution in [2.24, 2.45) is 0 Å². The fraction of sp³-hybridized carbons (Fsp3) is 0.0909.